The molecule has 0 aliphatic carbocycles. The van der Waals surface area contributed by atoms with Crippen molar-refractivity contribution in [3.8, 4) is 0 Å². The van der Waals surface area contributed by atoms with E-state index >= 15 is 0 Å². The molecule has 3 N–H and O–H groups in total. The lowest BCUT2D eigenvalue weighted by Crippen LogP contribution is -2.32. The van der Waals surface area contributed by atoms with Gasteiger partial charge in [0.15, 0.2) is 6.41 Å². The quantitative estimate of drug-likeness (QED) is 0.442. The minimum Gasteiger partial charge on any atom is -0.405 e. The molecule has 0 fully saturated rings. The van der Waals surface area contributed by atoms with Gasteiger partial charge >= 0.3 is 0 Å². The van der Waals surface area contributed by atoms with Crippen LogP contribution in [-0.4, -0.2) is 19.9 Å². The van der Waals surface area contributed by atoms with Crippen LogP contribution in [0.15, 0.2) is 0 Å². The molecule has 3 nitrogen and oxygen atoms in total. The first kappa shape index (κ1) is 10.5. The Morgan fingerprint density at radius 2 is 2.27 bits per heavy atom. The largest absolute Gasteiger partial charge is 0.405 e. The van der Waals surface area contributed by atoms with Crippen LogP contribution in [0.2, 0.25) is 5.31 Å². The summed E-state index contributed by atoms with van der Waals surface area (Å²) in [6.07, 6.45) is 1.54. The summed E-state index contributed by atoms with van der Waals surface area (Å²) in [5, 5.41) is 2.51. The molecule has 1 radical (unpaired) electrons. The second-order valence-electron chi connectivity index (χ2n) is 3.60. The molecule has 0 saturated heterocycles. The molecule has 0 aromatic heterocycles. The number of nitrogens with two attached hydrogens (primary N) is 1. The summed E-state index contributed by atoms with van der Waals surface area (Å²) in [5.41, 5.74) is 5.61. The zero-order valence-electron chi connectivity index (χ0n) is 7.42. The molecule has 11 heavy (non-hydrogen) atoms. The third kappa shape index (κ3) is 5.92. The lowest BCUT2D eigenvalue weighted by atomic mass is 9.60. The Kier molecular flexibility index (Phi) is 4.19. The van der Waals surface area contributed by atoms with Crippen LogP contribution in [0.3, 0.4) is 0 Å². The summed E-state index contributed by atoms with van der Waals surface area (Å²) in [5.74, 6) is 0. The van der Waals surface area contributed by atoms with Gasteiger partial charge in [0.1, 0.15) is 0 Å². The summed E-state index contributed by atoms with van der Waals surface area (Å²) < 4.78 is 0. The molecule has 0 aliphatic heterocycles. The summed E-state index contributed by atoms with van der Waals surface area (Å²) in [6.45, 7) is 6.02. The van der Waals surface area contributed by atoms with Gasteiger partial charge in [-0.1, -0.05) is 13.8 Å². The molecule has 0 spiro atoms. The van der Waals surface area contributed by atoms with E-state index < -0.39 is 0 Å². The van der Waals surface area contributed by atoms with E-state index in [-0.39, 0.29) is 11.4 Å². The minimum absolute atomic E-state index is 0.0188. The smallest absolute Gasteiger partial charge is 0.252 e. The van der Waals surface area contributed by atoms with Crippen molar-refractivity contribution in [3.63, 3.8) is 0 Å². The number of amides is 1. The zero-order chi connectivity index (χ0) is 8.91. The molecule has 0 heterocycles. The minimum atomic E-state index is -0.0188. The Hall–Kier alpha value is -0.505. The molecule has 0 rings (SSSR count). The number of carbonyl (C=O) groups excluding carboxylic acids is 1. The highest BCUT2D eigenvalue weighted by molar-refractivity contribution is 6.39. The summed E-state index contributed by atoms with van der Waals surface area (Å²) >= 11 is 0. The van der Waals surface area contributed by atoms with E-state index in [9.17, 15) is 4.79 Å². The van der Waals surface area contributed by atoms with Crippen LogP contribution >= 0.6 is 0 Å². The Bertz CT molecular complexity index is 126. The van der Waals surface area contributed by atoms with E-state index in [0.29, 0.717) is 6.41 Å². The third-order valence-corrected chi connectivity index (χ3v) is 1.39. The van der Waals surface area contributed by atoms with Crippen molar-refractivity contribution >= 4 is 13.8 Å². The van der Waals surface area contributed by atoms with Crippen molar-refractivity contribution in [3.05, 3.63) is 0 Å². The van der Waals surface area contributed by atoms with E-state index in [1.807, 2.05) is 20.8 Å². The second kappa shape index (κ2) is 4.39. The van der Waals surface area contributed by atoms with Gasteiger partial charge < -0.3 is 11.0 Å². The number of rotatable bonds is 5. The van der Waals surface area contributed by atoms with Gasteiger partial charge in [-0.3, -0.25) is 4.79 Å². The van der Waals surface area contributed by atoms with E-state index in [4.69, 9.17) is 5.73 Å². The standard InChI is InChI=1S/C7H16BN2O/c1-6(9)4-7(2,3)8-10-5-11/h5-6H,4,9H2,1-3H3,(H,10,11). The van der Waals surface area contributed by atoms with Gasteiger partial charge in [0, 0.05) is 6.04 Å². The fourth-order valence-electron chi connectivity index (χ4n) is 1.15. The molecular weight excluding hydrogens is 139 g/mol. The van der Waals surface area contributed by atoms with Crippen LogP contribution in [0.1, 0.15) is 27.2 Å². The van der Waals surface area contributed by atoms with E-state index in [0.717, 1.165) is 6.42 Å². The highest BCUT2D eigenvalue weighted by Gasteiger charge is 2.20. The van der Waals surface area contributed by atoms with Crippen LogP contribution in [-0.2, 0) is 4.79 Å². The Labute approximate surface area is 69.0 Å². The Morgan fingerprint density at radius 3 is 2.64 bits per heavy atom. The lowest BCUT2D eigenvalue weighted by Gasteiger charge is -2.24. The molecule has 0 aromatic rings. The summed E-state index contributed by atoms with van der Waals surface area (Å²) in [4.78, 5) is 9.96. The van der Waals surface area contributed by atoms with Gasteiger partial charge in [0.25, 0.3) is 7.41 Å². The molecule has 0 saturated carbocycles. The first-order chi connectivity index (χ1) is 4.98. The number of hydrogen-bond donors (Lipinski definition) is 2. The van der Waals surface area contributed by atoms with Crippen LogP contribution in [0.25, 0.3) is 0 Å². The first-order valence-electron chi connectivity index (χ1n) is 3.77. The third-order valence-electron chi connectivity index (χ3n) is 1.39. The number of nitrogens with one attached hydrogen (secondary N) is 1. The van der Waals surface area contributed by atoms with Gasteiger partial charge in [-0.05, 0) is 18.7 Å². The van der Waals surface area contributed by atoms with E-state index in [1.54, 1.807) is 7.41 Å². The summed E-state index contributed by atoms with van der Waals surface area (Å²) in [7, 11) is 1.77. The van der Waals surface area contributed by atoms with Crippen molar-refractivity contribution in [1.29, 1.82) is 0 Å². The maximum absolute atomic E-state index is 9.96. The normalized spacial score (nSPS) is 13.8. The predicted octanol–water partition coefficient (Wildman–Crippen LogP) is 0.287. The van der Waals surface area contributed by atoms with E-state index in [1.165, 1.54) is 0 Å². The summed E-state index contributed by atoms with van der Waals surface area (Å²) in [6, 6.07) is 0.162. The topological polar surface area (TPSA) is 55.1 Å². The molecule has 0 aliphatic rings. The molecule has 1 atom stereocenters. The first-order valence-corrected chi connectivity index (χ1v) is 3.77. The van der Waals surface area contributed by atoms with Crippen LogP contribution in [0.5, 0.6) is 0 Å². The van der Waals surface area contributed by atoms with E-state index in [2.05, 4.69) is 5.23 Å². The van der Waals surface area contributed by atoms with Gasteiger partial charge in [0.05, 0.1) is 0 Å². The highest BCUT2D eigenvalue weighted by atomic mass is 16.1. The van der Waals surface area contributed by atoms with Gasteiger partial charge in [-0.2, -0.15) is 0 Å². The van der Waals surface area contributed by atoms with Crippen molar-refractivity contribution in [1.82, 2.24) is 5.23 Å². The second-order valence-corrected chi connectivity index (χ2v) is 3.60. The molecule has 0 bridgehead atoms. The monoisotopic (exact) mass is 155 g/mol. The van der Waals surface area contributed by atoms with Crippen molar-refractivity contribution in [2.75, 3.05) is 0 Å². The lowest BCUT2D eigenvalue weighted by molar-refractivity contribution is -0.108. The van der Waals surface area contributed by atoms with Gasteiger partial charge in [-0.25, -0.2) is 0 Å². The fraction of sp³-hybridized carbons (Fsp3) is 0.857. The molecule has 63 valence electrons. The van der Waals surface area contributed by atoms with Crippen LogP contribution < -0.4 is 11.0 Å². The average Bonchev–Trinajstić information content (AvgIpc) is 1.81. The highest BCUT2D eigenvalue weighted by Crippen LogP contribution is 2.26. The Balaban J connectivity index is 3.69. The number of hydrogen-bond acceptors (Lipinski definition) is 2. The van der Waals surface area contributed by atoms with Crippen molar-refractivity contribution in [2.24, 2.45) is 5.73 Å². The molecule has 4 heteroatoms. The van der Waals surface area contributed by atoms with Crippen LogP contribution in [0, 0.1) is 0 Å². The van der Waals surface area contributed by atoms with Crippen molar-refractivity contribution in [2.45, 2.75) is 38.5 Å². The van der Waals surface area contributed by atoms with Crippen LogP contribution in [0.4, 0.5) is 0 Å². The maximum Gasteiger partial charge on any atom is 0.252 e. The molecule has 0 aromatic carbocycles. The molecule has 1 amide bonds. The molecular formula is C7H16BN2O. The zero-order valence-corrected chi connectivity index (χ0v) is 7.42. The van der Waals surface area contributed by atoms with Gasteiger partial charge in [-0.15, -0.1) is 0 Å². The fourth-order valence-corrected chi connectivity index (χ4v) is 1.15. The van der Waals surface area contributed by atoms with Gasteiger partial charge in [0.2, 0.25) is 0 Å². The number of carbonyl (C=O) groups is 1. The maximum atomic E-state index is 9.96. The SMILES string of the molecule is CC(N)CC(C)(C)[B]NC=O. The molecule has 1 unspecified atom stereocenters. The van der Waals surface area contributed by atoms with Crippen molar-refractivity contribution < 1.29 is 4.79 Å². The Morgan fingerprint density at radius 1 is 1.73 bits per heavy atom. The average molecular weight is 155 g/mol. The predicted molar refractivity (Wildman–Crippen MR) is 47.3 cm³/mol.